The molecule has 0 bridgehead atoms. The largest absolute Gasteiger partial charge is 0.508 e. The minimum Gasteiger partial charge on any atom is -0.508 e. The third-order valence-corrected chi connectivity index (χ3v) is 2.45. The maximum absolute atomic E-state index is 11.0. The van der Waals surface area contributed by atoms with Gasteiger partial charge in [0, 0.05) is 24.4 Å². The fourth-order valence-corrected chi connectivity index (χ4v) is 1.77. The normalized spacial score (nSPS) is 20.9. The summed E-state index contributed by atoms with van der Waals surface area (Å²) in [6, 6.07) is 4.59. The molecule has 2 rings (SSSR count). The van der Waals surface area contributed by atoms with Crippen molar-refractivity contribution < 1.29 is 15.0 Å². The molecule has 1 atom stereocenters. The topological polar surface area (TPSA) is 69.6 Å². The molecule has 1 saturated heterocycles. The van der Waals surface area contributed by atoms with Crippen molar-refractivity contribution in [1.29, 1.82) is 0 Å². The standard InChI is InChI=1S/C10H11NO3/c12-7-2-1-3-8(13)10(7)6-4-9(14)11-5-6/h1-3,6,12-13H,4-5H2,(H,11,14). The lowest BCUT2D eigenvalue weighted by Crippen LogP contribution is -2.13. The van der Waals surface area contributed by atoms with Gasteiger partial charge in [-0.05, 0) is 12.1 Å². The third kappa shape index (κ3) is 1.39. The molecule has 1 aliphatic rings. The summed E-state index contributed by atoms with van der Waals surface area (Å²) < 4.78 is 0. The summed E-state index contributed by atoms with van der Waals surface area (Å²) in [5.41, 5.74) is 0.464. The molecule has 1 fully saturated rings. The molecule has 1 aliphatic heterocycles. The van der Waals surface area contributed by atoms with Crippen molar-refractivity contribution in [1.82, 2.24) is 5.32 Å². The van der Waals surface area contributed by atoms with Gasteiger partial charge in [0.05, 0.1) is 0 Å². The Morgan fingerprint density at radius 2 is 1.93 bits per heavy atom. The Balaban J connectivity index is 2.36. The van der Waals surface area contributed by atoms with Crippen molar-refractivity contribution in [2.24, 2.45) is 0 Å². The van der Waals surface area contributed by atoms with Crippen molar-refractivity contribution in [3.05, 3.63) is 23.8 Å². The zero-order valence-electron chi connectivity index (χ0n) is 7.53. The van der Waals surface area contributed by atoms with Crippen molar-refractivity contribution in [3.63, 3.8) is 0 Å². The first-order chi connectivity index (χ1) is 6.68. The second-order valence-electron chi connectivity index (χ2n) is 3.42. The van der Waals surface area contributed by atoms with Gasteiger partial charge in [-0.2, -0.15) is 0 Å². The molecule has 4 heteroatoms. The first kappa shape index (κ1) is 8.87. The number of carbonyl (C=O) groups excluding carboxylic acids is 1. The number of nitrogens with one attached hydrogen (secondary N) is 1. The number of benzene rings is 1. The lowest BCUT2D eigenvalue weighted by Gasteiger charge is -2.11. The Kier molecular flexibility index (Phi) is 2.04. The fourth-order valence-electron chi connectivity index (χ4n) is 1.77. The van der Waals surface area contributed by atoms with Crippen molar-refractivity contribution in [2.45, 2.75) is 12.3 Å². The van der Waals surface area contributed by atoms with Gasteiger partial charge in [-0.15, -0.1) is 0 Å². The number of phenols is 2. The van der Waals surface area contributed by atoms with E-state index in [9.17, 15) is 15.0 Å². The summed E-state index contributed by atoms with van der Waals surface area (Å²) in [6.45, 7) is 0.476. The van der Waals surface area contributed by atoms with Gasteiger partial charge in [-0.3, -0.25) is 4.79 Å². The molecule has 1 aromatic carbocycles. The summed E-state index contributed by atoms with van der Waals surface area (Å²) in [7, 11) is 0. The van der Waals surface area contributed by atoms with E-state index in [0.717, 1.165) is 0 Å². The molecular formula is C10H11NO3. The first-order valence-corrected chi connectivity index (χ1v) is 4.46. The van der Waals surface area contributed by atoms with E-state index in [2.05, 4.69) is 5.32 Å². The Bertz CT molecular complexity index is 355. The van der Waals surface area contributed by atoms with Crippen LogP contribution in [0.15, 0.2) is 18.2 Å². The summed E-state index contributed by atoms with van der Waals surface area (Å²) in [4.78, 5) is 11.0. The molecule has 1 unspecified atom stereocenters. The van der Waals surface area contributed by atoms with Crippen LogP contribution in [0, 0.1) is 0 Å². The van der Waals surface area contributed by atoms with E-state index >= 15 is 0 Å². The van der Waals surface area contributed by atoms with Crippen LogP contribution in [0.3, 0.4) is 0 Å². The monoisotopic (exact) mass is 193 g/mol. The quantitative estimate of drug-likeness (QED) is 0.615. The molecule has 1 amide bonds. The number of aromatic hydroxyl groups is 2. The van der Waals surface area contributed by atoms with Crippen LogP contribution in [-0.4, -0.2) is 22.7 Å². The van der Waals surface area contributed by atoms with E-state index in [1.165, 1.54) is 12.1 Å². The lowest BCUT2D eigenvalue weighted by molar-refractivity contribution is -0.119. The third-order valence-electron chi connectivity index (χ3n) is 2.45. The van der Waals surface area contributed by atoms with Gasteiger partial charge in [0.25, 0.3) is 0 Å². The van der Waals surface area contributed by atoms with E-state index in [1.54, 1.807) is 6.07 Å². The van der Waals surface area contributed by atoms with E-state index in [0.29, 0.717) is 18.5 Å². The molecule has 4 nitrogen and oxygen atoms in total. The molecule has 3 N–H and O–H groups in total. The Morgan fingerprint density at radius 3 is 2.43 bits per heavy atom. The average molecular weight is 193 g/mol. The number of carbonyl (C=O) groups is 1. The predicted octanol–water partition coefficient (Wildman–Crippen LogP) is 0.701. The number of amides is 1. The molecule has 0 spiro atoms. The SMILES string of the molecule is O=C1CC(c2c(O)cccc2O)CN1. The minimum atomic E-state index is -0.122. The van der Waals surface area contributed by atoms with Crippen molar-refractivity contribution >= 4 is 5.91 Å². The zero-order valence-corrected chi connectivity index (χ0v) is 7.53. The molecule has 0 aromatic heterocycles. The lowest BCUT2D eigenvalue weighted by atomic mass is 9.96. The second-order valence-corrected chi connectivity index (χ2v) is 3.42. The molecule has 1 aromatic rings. The van der Waals surface area contributed by atoms with Crippen LogP contribution in [0.25, 0.3) is 0 Å². The van der Waals surface area contributed by atoms with Gasteiger partial charge >= 0.3 is 0 Å². The van der Waals surface area contributed by atoms with Gasteiger partial charge in [-0.1, -0.05) is 6.07 Å². The fraction of sp³-hybridized carbons (Fsp3) is 0.300. The molecule has 0 aliphatic carbocycles. The number of phenolic OH excluding ortho intramolecular Hbond substituents is 2. The molecule has 0 saturated carbocycles. The number of hydrogen-bond donors (Lipinski definition) is 3. The average Bonchev–Trinajstić information content (AvgIpc) is 2.51. The van der Waals surface area contributed by atoms with E-state index in [1.807, 2.05) is 0 Å². The van der Waals surface area contributed by atoms with Crippen molar-refractivity contribution in [3.8, 4) is 11.5 Å². The number of hydrogen-bond acceptors (Lipinski definition) is 3. The van der Waals surface area contributed by atoms with Gasteiger partial charge < -0.3 is 15.5 Å². The van der Waals surface area contributed by atoms with Crippen LogP contribution in [0.2, 0.25) is 0 Å². The summed E-state index contributed by atoms with van der Waals surface area (Å²) in [5, 5.41) is 21.7. The second kappa shape index (κ2) is 3.21. The molecule has 1 heterocycles. The van der Waals surface area contributed by atoms with Crippen LogP contribution in [-0.2, 0) is 4.79 Å². The van der Waals surface area contributed by atoms with Gasteiger partial charge in [0.2, 0.25) is 5.91 Å². The number of rotatable bonds is 1. The summed E-state index contributed by atoms with van der Waals surface area (Å²) >= 11 is 0. The minimum absolute atomic E-state index is 0.0438. The van der Waals surface area contributed by atoms with Crippen LogP contribution in [0.1, 0.15) is 17.9 Å². The summed E-state index contributed by atoms with van der Waals surface area (Å²) in [6.07, 6.45) is 0.325. The molecular weight excluding hydrogens is 182 g/mol. The first-order valence-electron chi connectivity index (χ1n) is 4.46. The van der Waals surface area contributed by atoms with Gasteiger partial charge in [0.1, 0.15) is 11.5 Å². The highest BCUT2D eigenvalue weighted by Gasteiger charge is 2.27. The molecule has 14 heavy (non-hydrogen) atoms. The van der Waals surface area contributed by atoms with E-state index in [4.69, 9.17) is 0 Å². The maximum Gasteiger partial charge on any atom is 0.220 e. The molecule has 0 radical (unpaired) electrons. The maximum atomic E-state index is 11.0. The van der Waals surface area contributed by atoms with Crippen LogP contribution in [0.5, 0.6) is 11.5 Å². The van der Waals surface area contributed by atoms with Crippen LogP contribution in [0.4, 0.5) is 0 Å². The van der Waals surface area contributed by atoms with E-state index < -0.39 is 0 Å². The van der Waals surface area contributed by atoms with E-state index in [-0.39, 0.29) is 23.3 Å². The van der Waals surface area contributed by atoms with Crippen LogP contribution >= 0.6 is 0 Å². The predicted molar refractivity (Wildman–Crippen MR) is 50.1 cm³/mol. The molecule has 74 valence electrons. The highest BCUT2D eigenvalue weighted by Crippen LogP contribution is 2.36. The van der Waals surface area contributed by atoms with Gasteiger partial charge in [-0.25, -0.2) is 0 Å². The zero-order chi connectivity index (χ0) is 10.1. The Labute approximate surface area is 81.2 Å². The highest BCUT2D eigenvalue weighted by molar-refractivity contribution is 5.80. The summed E-state index contributed by atoms with van der Waals surface area (Å²) in [5.74, 6) is -0.0700. The highest BCUT2D eigenvalue weighted by atomic mass is 16.3. The Morgan fingerprint density at radius 1 is 1.29 bits per heavy atom. The van der Waals surface area contributed by atoms with Gasteiger partial charge in [0.15, 0.2) is 0 Å². The van der Waals surface area contributed by atoms with Crippen LogP contribution < -0.4 is 5.32 Å². The smallest absolute Gasteiger partial charge is 0.220 e. The Hall–Kier alpha value is -1.71. The van der Waals surface area contributed by atoms with Crippen molar-refractivity contribution in [2.75, 3.05) is 6.54 Å².